The Bertz CT molecular complexity index is 462. The normalized spacial score (nSPS) is 10.7. The van der Waals surface area contributed by atoms with Gasteiger partial charge in [0, 0.05) is 10.9 Å². The van der Waals surface area contributed by atoms with Crippen molar-refractivity contribution in [1.29, 1.82) is 0 Å². The molecule has 0 saturated heterocycles. The van der Waals surface area contributed by atoms with E-state index in [0.717, 1.165) is 5.39 Å². The first-order valence-electron chi connectivity index (χ1n) is 3.90. The van der Waals surface area contributed by atoms with Gasteiger partial charge in [0.05, 0.1) is 5.52 Å². The first-order valence-corrected chi connectivity index (χ1v) is 4.27. The van der Waals surface area contributed by atoms with Crippen LogP contribution in [0.5, 0.6) is 0 Å². The highest BCUT2D eigenvalue weighted by atomic mass is 35.5. The molecule has 1 aromatic heterocycles. The zero-order valence-electron chi connectivity index (χ0n) is 7.01. The zero-order chi connectivity index (χ0) is 9.42. The van der Waals surface area contributed by atoms with Crippen molar-refractivity contribution < 1.29 is 4.39 Å². The largest absolute Gasteiger partial charge is 0.236 e. The van der Waals surface area contributed by atoms with Crippen molar-refractivity contribution in [2.45, 2.75) is 6.92 Å². The molecule has 0 fully saturated rings. The van der Waals surface area contributed by atoms with Gasteiger partial charge >= 0.3 is 0 Å². The van der Waals surface area contributed by atoms with Gasteiger partial charge in [0.15, 0.2) is 0 Å². The highest BCUT2D eigenvalue weighted by Gasteiger charge is 2.04. The average molecular weight is 196 g/mol. The molecule has 13 heavy (non-hydrogen) atoms. The van der Waals surface area contributed by atoms with Gasteiger partial charge in [-0.2, -0.15) is 0 Å². The monoisotopic (exact) mass is 195 g/mol. The smallest absolute Gasteiger partial charge is 0.129 e. The molecule has 0 unspecified atom stereocenters. The third kappa shape index (κ3) is 1.38. The Balaban J connectivity index is 2.89. The van der Waals surface area contributed by atoms with E-state index in [1.807, 2.05) is 6.07 Å². The summed E-state index contributed by atoms with van der Waals surface area (Å²) in [4.78, 5) is 4.06. The Morgan fingerprint density at radius 1 is 1.23 bits per heavy atom. The summed E-state index contributed by atoms with van der Waals surface area (Å²) < 4.78 is 13.1. The highest BCUT2D eigenvalue weighted by Crippen LogP contribution is 2.20. The minimum atomic E-state index is -0.248. The van der Waals surface area contributed by atoms with Crippen LogP contribution < -0.4 is 0 Å². The molecule has 0 aliphatic rings. The molecular weight excluding hydrogens is 189 g/mol. The minimum Gasteiger partial charge on any atom is -0.236 e. The lowest BCUT2D eigenvalue weighted by atomic mass is 10.1. The average Bonchev–Trinajstić information content (AvgIpc) is 2.12. The van der Waals surface area contributed by atoms with Gasteiger partial charge in [-0.25, -0.2) is 9.37 Å². The second-order valence-corrected chi connectivity index (χ2v) is 3.27. The number of hydrogen-bond acceptors (Lipinski definition) is 1. The van der Waals surface area contributed by atoms with E-state index in [-0.39, 0.29) is 5.82 Å². The summed E-state index contributed by atoms with van der Waals surface area (Å²) in [6.07, 6.45) is 0. The third-order valence-electron chi connectivity index (χ3n) is 2.02. The fraction of sp³-hybridized carbons (Fsp3) is 0.100. The fourth-order valence-corrected chi connectivity index (χ4v) is 1.43. The molecule has 0 N–H and O–H groups in total. The molecule has 1 nitrogen and oxygen atoms in total. The summed E-state index contributed by atoms with van der Waals surface area (Å²) in [6.45, 7) is 1.70. The number of fused-ring (bicyclic) bond motifs is 1. The molecule has 0 amide bonds. The Labute approximate surface area is 80.2 Å². The quantitative estimate of drug-likeness (QED) is 0.588. The van der Waals surface area contributed by atoms with Gasteiger partial charge < -0.3 is 0 Å². The Hall–Kier alpha value is -1.15. The van der Waals surface area contributed by atoms with Crippen molar-refractivity contribution in [3.63, 3.8) is 0 Å². The molecule has 0 aliphatic carbocycles. The minimum absolute atomic E-state index is 0.248. The molecule has 2 aromatic rings. The molecule has 0 atom stereocenters. The first kappa shape index (κ1) is 8.45. The molecule has 0 radical (unpaired) electrons. The van der Waals surface area contributed by atoms with Crippen molar-refractivity contribution in [2.75, 3.05) is 0 Å². The molecule has 0 saturated carbocycles. The number of benzene rings is 1. The first-order chi connectivity index (χ1) is 6.18. The van der Waals surface area contributed by atoms with Crippen LogP contribution in [0.15, 0.2) is 24.3 Å². The molecule has 0 spiro atoms. The lowest BCUT2D eigenvalue weighted by Crippen LogP contribution is -1.87. The van der Waals surface area contributed by atoms with Crippen molar-refractivity contribution in [2.24, 2.45) is 0 Å². The van der Waals surface area contributed by atoms with E-state index in [1.54, 1.807) is 19.1 Å². The van der Waals surface area contributed by atoms with Gasteiger partial charge in [-0.1, -0.05) is 11.6 Å². The number of aromatic nitrogens is 1. The summed E-state index contributed by atoms with van der Waals surface area (Å²) >= 11 is 5.71. The van der Waals surface area contributed by atoms with Gasteiger partial charge in [0.1, 0.15) is 11.0 Å². The number of aryl methyl sites for hydroxylation is 1. The van der Waals surface area contributed by atoms with Gasteiger partial charge in [-0.05, 0) is 31.2 Å². The van der Waals surface area contributed by atoms with E-state index in [9.17, 15) is 4.39 Å². The summed E-state index contributed by atoms with van der Waals surface area (Å²) in [6, 6.07) is 6.66. The Kier molecular flexibility index (Phi) is 1.93. The molecule has 0 bridgehead atoms. The number of nitrogens with zero attached hydrogens (tertiary/aromatic N) is 1. The highest BCUT2D eigenvalue weighted by molar-refractivity contribution is 6.29. The van der Waals surface area contributed by atoms with E-state index in [2.05, 4.69) is 4.98 Å². The van der Waals surface area contributed by atoms with Crippen LogP contribution in [0.25, 0.3) is 10.9 Å². The Morgan fingerprint density at radius 2 is 1.92 bits per heavy atom. The van der Waals surface area contributed by atoms with Crippen LogP contribution in [0.3, 0.4) is 0 Å². The predicted molar refractivity (Wildman–Crippen MR) is 51.4 cm³/mol. The van der Waals surface area contributed by atoms with Crippen LogP contribution in [-0.4, -0.2) is 4.98 Å². The van der Waals surface area contributed by atoms with E-state index < -0.39 is 0 Å². The molecule has 66 valence electrons. The number of hydrogen-bond donors (Lipinski definition) is 0. The van der Waals surface area contributed by atoms with Crippen molar-refractivity contribution >= 4 is 22.5 Å². The lowest BCUT2D eigenvalue weighted by molar-refractivity contribution is 0.620. The predicted octanol–water partition coefficient (Wildman–Crippen LogP) is 3.34. The van der Waals surface area contributed by atoms with Crippen LogP contribution in [-0.2, 0) is 0 Å². The summed E-state index contributed by atoms with van der Waals surface area (Å²) in [7, 11) is 0. The second-order valence-electron chi connectivity index (χ2n) is 2.88. The molecular formula is C10H7ClFN. The maximum atomic E-state index is 13.1. The third-order valence-corrected chi connectivity index (χ3v) is 2.23. The maximum Gasteiger partial charge on any atom is 0.129 e. The van der Waals surface area contributed by atoms with E-state index in [4.69, 9.17) is 11.6 Å². The van der Waals surface area contributed by atoms with Crippen LogP contribution in [0.4, 0.5) is 4.39 Å². The molecule has 1 heterocycles. The summed E-state index contributed by atoms with van der Waals surface area (Å²) in [5, 5.41) is 1.30. The molecule has 3 heteroatoms. The van der Waals surface area contributed by atoms with Crippen LogP contribution in [0.1, 0.15) is 5.56 Å². The lowest BCUT2D eigenvalue weighted by Gasteiger charge is -2.01. The second kappa shape index (κ2) is 2.96. The van der Waals surface area contributed by atoms with E-state index in [1.165, 1.54) is 6.07 Å². The van der Waals surface area contributed by atoms with Crippen LogP contribution in [0, 0.1) is 12.7 Å². The standard InChI is InChI=1S/C10H7ClFN/c1-6-8(12)4-2-7-3-5-9(11)13-10(6)7/h2-5H,1H3. The maximum absolute atomic E-state index is 13.1. The fourth-order valence-electron chi connectivity index (χ4n) is 1.28. The van der Waals surface area contributed by atoms with Gasteiger partial charge in [0.25, 0.3) is 0 Å². The number of rotatable bonds is 0. The zero-order valence-corrected chi connectivity index (χ0v) is 7.77. The molecule has 1 aromatic carbocycles. The summed E-state index contributed by atoms with van der Waals surface area (Å²) in [5.41, 5.74) is 1.17. The number of halogens is 2. The van der Waals surface area contributed by atoms with Crippen molar-refractivity contribution in [3.05, 3.63) is 40.8 Å². The molecule has 2 rings (SSSR count). The topological polar surface area (TPSA) is 12.9 Å². The van der Waals surface area contributed by atoms with Gasteiger partial charge in [0.2, 0.25) is 0 Å². The van der Waals surface area contributed by atoms with Crippen molar-refractivity contribution in [1.82, 2.24) is 4.98 Å². The van der Waals surface area contributed by atoms with Gasteiger partial charge in [-0.3, -0.25) is 0 Å². The van der Waals surface area contributed by atoms with Crippen LogP contribution in [0.2, 0.25) is 5.15 Å². The SMILES string of the molecule is Cc1c(F)ccc2ccc(Cl)nc12. The number of pyridine rings is 1. The Morgan fingerprint density at radius 3 is 2.69 bits per heavy atom. The molecule has 0 aliphatic heterocycles. The van der Waals surface area contributed by atoms with Crippen molar-refractivity contribution in [3.8, 4) is 0 Å². The van der Waals surface area contributed by atoms with Gasteiger partial charge in [-0.15, -0.1) is 0 Å². The van der Waals surface area contributed by atoms with E-state index >= 15 is 0 Å². The van der Waals surface area contributed by atoms with Crippen LogP contribution >= 0.6 is 11.6 Å². The summed E-state index contributed by atoms with van der Waals surface area (Å²) in [5.74, 6) is -0.248. The van der Waals surface area contributed by atoms with E-state index in [0.29, 0.717) is 16.2 Å².